The molecule has 0 bridgehead atoms. The maximum atomic E-state index is 9.49. The molecule has 1 fully saturated rings. The second kappa shape index (κ2) is 5.76. The molecule has 1 aliphatic rings. The van der Waals surface area contributed by atoms with Gasteiger partial charge in [-0.05, 0) is 31.9 Å². The molecule has 2 aromatic rings. The van der Waals surface area contributed by atoms with Gasteiger partial charge in [0.05, 0.1) is 19.4 Å². The standard InChI is InChI=1S/C14H19N3O3/c1-10-4-2-5-11(9-18)17(10)8-13-15-14(16-20-13)12-6-3-7-19-12/h3,6-7,10-11,18H,2,4-5,8-9H2,1H3. The van der Waals surface area contributed by atoms with Crippen molar-refractivity contribution in [3.63, 3.8) is 0 Å². The van der Waals surface area contributed by atoms with Crippen molar-refractivity contribution in [3.8, 4) is 11.6 Å². The van der Waals surface area contributed by atoms with Crippen LogP contribution in [-0.4, -0.2) is 38.8 Å². The highest BCUT2D eigenvalue weighted by Crippen LogP contribution is 2.25. The van der Waals surface area contributed by atoms with E-state index in [2.05, 4.69) is 22.0 Å². The number of hydrogen-bond acceptors (Lipinski definition) is 6. The van der Waals surface area contributed by atoms with Gasteiger partial charge in [-0.2, -0.15) is 4.98 Å². The zero-order valence-corrected chi connectivity index (χ0v) is 11.5. The zero-order chi connectivity index (χ0) is 13.9. The smallest absolute Gasteiger partial charge is 0.241 e. The van der Waals surface area contributed by atoms with Crippen LogP contribution in [-0.2, 0) is 6.54 Å². The predicted octanol–water partition coefficient (Wildman–Crippen LogP) is 2.06. The first-order valence-electron chi connectivity index (χ1n) is 7.01. The fourth-order valence-corrected chi connectivity index (χ4v) is 2.80. The number of piperidine rings is 1. The van der Waals surface area contributed by atoms with Crippen LogP contribution in [0, 0.1) is 0 Å². The van der Waals surface area contributed by atoms with Crippen molar-refractivity contribution in [1.82, 2.24) is 15.0 Å². The molecule has 108 valence electrons. The largest absolute Gasteiger partial charge is 0.461 e. The van der Waals surface area contributed by atoms with Crippen LogP contribution < -0.4 is 0 Å². The van der Waals surface area contributed by atoms with E-state index in [-0.39, 0.29) is 12.6 Å². The molecule has 0 radical (unpaired) electrons. The van der Waals surface area contributed by atoms with E-state index in [9.17, 15) is 5.11 Å². The number of aromatic nitrogens is 2. The van der Waals surface area contributed by atoms with Crippen LogP contribution in [0.25, 0.3) is 11.6 Å². The van der Waals surface area contributed by atoms with Crippen molar-refractivity contribution in [2.75, 3.05) is 6.61 Å². The van der Waals surface area contributed by atoms with Gasteiger partial charge in [0.15, 0.2) is 5.76 Å². The molecule has 1 saturated heterocycles. The molecule has 0 saturated carbocycles. The Morgan fingerprint density at radius 3 is 3.10 bits per heavy atom. The molecule has 2 aromatic heterocycles. The zero-order valence-electron chi connectivity index (χ0n) is 11.5. The number of furan rings is 1. The van der Waals surface area contributed by atoms with Crippen molar-refractivity contribution in [2.45, 2.75) is 44.8 Å². The summed E-state index contributed by atoms with van der Waals surface area (Å²) in [5.74, 6) is 1.63. The lowest BCUT2D eigenvalue weighted by atomic mass is 9.97. The number of aliphatic hydroxyl groups is 1. The Hall–Kier alpha value is -1.66. The van der Waals surface area contributed by atoms with Crippen LogP contribution in [0.2, 0.25) is 0 Å². The summed E-state index contributed by atoms with van der Waals surface area (Å²) in [5, 5.41) is 13.4. The molecule has 0 aliphatic carbocycles. The molecule has 1 aliphatic heterocycles. The maximum Gasteiger partial charge on any atom is 0.241 e. The van der Waals surface area contributed by atoms with Gasteiger partial charge >= 0.3 is 0 Å². The average Bonchev–Trinajstić information content (AvgIpc) is 3.11. The van der Waals surface area contributed by atoms with Crippen LogP contribution in [0.15, 0.2) is 27.3 Å². The van der Waals surface area contributed by atoms with Crippen molar-refractivity contribution >= 4 is 0 Å². The van der Waals surface area contributed by atoms with Crippen LogP contribution in [0.3, 0.4) is 0 Å². The first-order valence-corrected chi connectivity index (χ1v) is 7.01. The highest BCUT2D eigenvalue weighted by Gasteiger charge is 2.29. The lowest BCUT2D eigenvalue weighted by molar-refractivity contribution is 0.0370. The van der Waals surface area contributed by atoms with E-state index in [1.54, 1.807) is 18.4 Å². The summed E-state index contributed by atoms with van der Waals surface area (Å²) in [5.41, 5.74) is 0. The Morgan fingerprint density at radius 2 is 2.35 bits per heavy atom. The van der Waals surface area contributed by atoms with E-state index in [1.807, 2.05) is 0 Å². The van der Waals surface area contributed by atoms with Gasteiger partial charge in [0.25, 0.3) is 0 Å². The Morgan fingerprint density at radius 1 is 1.45 bits per heavy atom. The van der Waals surface area contributed by atoms with Gasteiger partial charge in [-0.15, -0.1) is 0 Å². The average molecular weight is 277 g/mol. The van der Waals surface area contributed by atoms with Gasteiger partial charge in [0.1, 0.15) is 0 Å². The van der Waals surface area contributed by atoms with Gasteiger partial charge in [-0.25, -0.2) is 0 Å². The summed E-state index contributed by atoms with van der Waals surface area (Å²) in [6.07, 6.45) is 4.89. The summed E-state index contributed by atoms with van der Waals surface area (Å²) < 4.78 is 10.5. The Kier molecular flexibility index (Phi) is 3.84. The lowest BCUT2D eigenvalue weighted by Gasteiger charge is -2.38. The fraction of sp³-hybridized carbons (Fsp3) is 0.571. The normalized spacial score (nSPS) is 24.1. The summed E-state index contributed by atoms with van der Waals surface area (Å²) in [6.45, 7) is 2.91. The fourth-order valence-electron chi connectivity index (χ4n) is 2.80. The third-order valence-electron chi connectivity index (χ3n) is 3.93. The van der Waals surface area contributed by atoms with Crippen LogP contribution in [0.4, 0.5) is 0 Å². The van der Waals surface area contributed by atoms with E-state index in [0.717, 1.165) is 19.3 Å². The van der Waals surface area contributed by atoms with Crippen LogP contribution in [0.5, 0.6) is 0 Å². The summed E-state index contributed by atoms with van der Waals surface area (Å²) in [7, 11) is 0. The number of aliphatic hydroxyl groups excluding tert-OH is 1. The second-order valence-electron chi connectivity index (χ2n) is 5.28. The van der Waals surface area contributed by atoms with E-state index in [1.165, 1.54) is 0 Å². The number of rotatable bonds is 4. The molecule has 20 heavy (non-hydrogen) atoms. The van der Waals surface area contributed by atoms with Gasteiger partial charge in [-0.1, -0.05) is 11.6 Å². The van der Waals surface area contributed by atoms with Gasteiger partial charge in [0, 0.05) is 12.1 Å². The molecule has 3 heterocycles. The van der Waals surface area contributed by atoms with E-state index in [0.29, 0.717) is 30.1 Å². The molecule has 2 unspecified atom stereocenters. The molecular weight excluding hydrogens is 258 g/mol. The Balaban J connectivity index is 1.73. The molecule has 2 atom stereocenters. The minimum atomic E-state index is 0.170. The molecule has 1 N–H and O–H groups in total. The SMILES string of the molecule is CC1CCCC(CO)N1Cc1nc(-c2ccco2)no1. The summed E-state index contributed by atoms with van der Waals surface area (Å²) in [6, 6.07) is 4.19. The summed E-state index contributed by atoms with van der Waals surface area (Å²) >= 11 is 0. The molecule has 6 nitrogen and oxygen atoms in total. The third-order valence-corrected chi connectivity index (χ3v) is 3.93. The number of hydrogen-bond donors (Lipinski definition) is 1. The van der Waals surface area contributed by atoms with Crippen molar-refractivity contribution < 1.29 is 14.0 Å². The van der Waals surface area contributed by atoms with Gasteiger partial charge in [-0.3, -0.25) is 4.90 Å². The monoisotopic (exact) mass is 277 g/mol. The number of likely N-dealkylation sites (tertiary alicyclic amines) is 1. The quantitative estimate of drug-likeness (QED) is 0.922. The molecular formula is C14H19N3O3. The second-order valence-corrected chi connectivity index (χ2v) is 5.28. The maximum absolute atomic E-state index is 9.49. The lowest BCUT2D eigenvalue weighted by Crippen LogP contribution is -2.46. The van der Waals surface area contributed by atoms with Crippen molar-refractivity contribution in [2.24, 2.45) is 0 Å². The first-order chi connectivity index (χ1) is 9.78. The first kappa shape index (κ1) is 13.3. The summed E-state index contributed by atoms with van der Waals surface area (Å²) in [4.78, 5) is 6.59. The minimum Gasteiger partial charge on any atom is -0.461 e. The van der Waals surface area contributed by atoms with Gasteiger partial charge < -0.3 is 14.0 Å². The van der Waals surface area contributed by atoms with Crippen LogP contribution in [0.1, 0.15) is 32.1 Å². The molecule has 0 aromatic carbocycles. The highest BCUT2D eigenvalue weighted by atomic mass is 16.5. The number of nitrogens with zero attached hydrogens (tertiary/aromatic N) is 3. The van der Waals surface area contributed by atoms with Gasteiger partial charge in [0.2, 0.25) is 11.7 Å². The highest BCUT2D eigenvalue weighted by molar-refractivity contribution is 5.44. The molecule has 6 heteroatoms. The van der Waals surface area contributed by atoms with Crippen LogP contribution >= 0.6 is 0 Å². The Labute approximate surface area is 117 Å². The van der Waals surface area contributed by atoms with E-state index >= 15 is 0 Å². The predicted molar refractivity (Wildman–Crippen MR) is 71.7 cm³/mol. The van der Waals surface area contributed by atoms with E-state index in [4.69, 9.17) is 8.94 Å². The topological polar surface area (TPSA) is 75.5 Å². The van der Waals surface area contributed by atoms with Crippen molar-refractivity contribution in [3.05, 3.63) is 24.3 Å². The minimum absolute atomic E-state index is 0.170. The molecule has 3 rings (SSSR count). The molecule has 0 spiro atoms. The molecule has 0 amide bonds. The third kappa shape index (κ3) is 2.62. The Bertz CT molecular complexity index is 538. The van der Waals surface area contributed by atoms with Crippen molar-refractivity contribution in [1.29, 1.82) is 0 Å². The van der Waals surface area contributed by atoms with E-state index < -0.39 is 0 Å².